The van der Waals surface area contributed by atoms with Crippen molar-refractivity contribution in [2.24, 2.45) is 5.41 Å². The Kier molecular flexibility index (Phi) is 2.32. The molecule has 0 aromatic carbocycles. The first kappa shape index (κ1) is 10.3. The van der Waals surface area contributed by atoms with Gasteiger partial charge in [0, 0.05) is 0 Å². The Morgan fingerprint density at radius 3 is 2.93 bits per heavy atom. The fourth-order valence-corrected chi connectivity index (χ4v) is 2.59. The average Bonchev–Trinajstić information content (AvgIpc) is 2.72. The highest BCUT2D eigenvalue weighted by Gasteiger charge is 2.50. The third-order valence-electron chi connectivity index (χ3n) is 3.57. The molecule has 1 aliphatic carbocycles. The van der Waals surface area contributed by atoms with Gasteiger partial charge in [0.25, 0.3) is 0 Å². The third kappa shape index (κ3) is 1.46. The summed E-state index contributed by atoms with van der Waals surface area (Å²) in [6.07, 6.45) is 1.89. The highest BCUT2D eigenvalue weighted by Crippen LogP contribution is 2.42. The van der Waals surface area contributed by atoms with Crippen LogP contribution >= 0.6 is 0 Å². The first-order valence-corrected chi connectivity index (χ1v) is 5.22. The van der Waals surface area contributed by atoms with Gasteiger partial charge >= 0.3 is 12.1 Å². The van der Waals surface area contributed by atoms with Crippen molar-refractivity contribution < 1.29 is 19.4 Å². The first-order valence-electron chi connectivity index (χ1n) is 5.22. The molecule has 1 saturated heterocycles. The molecule has 2 unspecified atom stereocenters. The van der Waals surface area contributed by atoms with Crippen LogP contribution in [0.3, 0.4) is 0 Å². The molecule has 0 radical (unpaired) electrons. The summed E-state index contributed by atoms with van der Waals surface area (Å²) in [7, 11) is 0. The Morgan fingerprint density at radius 2 is 2.40 bits per heavy atom. The summed E-state index contributed by atoms with van der Waals surface area (Å²) in [5.74, 6) is -0.815. The molecule has 0 aromatic rings. The molecule has 0 aromatic heterocycles. The molecule has 5 heteroatoms. The quantitative estimate of drug-likeness (QED) is 0.745. The molecular weight excluding hydrogens is 198 g/mol. The molecule has 1 N–H and O–H groups in total. The molecule has 0 spiro atoms. The number of cyclic esters (lactones) is 1. The van der Waals surface area contributed by atoms with Crippen molar-refractivity contribution in [1.82, 2.24) is 4.90 Å². The lowest BCUT2D eigenvalue weighted by molar-refractivity contribution is -0.150. The standard InChI is InChI=1S/C10H15NO4/c1-10(8(12)13)4-2-3-7(10)11-5-6-15-9(11)14/h7H,2-6H2,1H3,(H,12,13). The van der Waals surface area contributed by atoms with Crippen LogP contribution in [0, 0.1) is 5.41 Å². The summed E-state index contributed by atoms with van der Waals surface area (Å²) < 4.78 is 4.85. The predicted molar refractivity (Wildman–Crippen MR) is 51.4 cm³/mol. The van der Waals surface area contributed by atoms with Crippen LogP contribution in [0.25, 0.3) is 0 Å². The van der Waals surface area contributed by atoms with Crippen LogP contribution in [0.15, 0.2) is 0 Å². The topological polar surface area (TPSA) is 66.8 Å². The van der Waals surface area contributed by atoms with Crippen LogP contribution in [0.2, 0.25) is 0 Å². The van der Waals surface area contributed by atoms with E-state index in [1.165, 1.54) is 0 Å². The van der Waals surface area contributed by atoms with Gasteiger partial charge in [0.05, 0.1) is 18.0 Å². The fraction of sp³-hybridized carbons (Fsp3) is 0.800. The van der Waals surface area contributed by atoms with E-state index < -0.39 is 11.4 Å². The Labute approximate surface area is 88.0 Å². The van der Waals surface area contributed by atoms with Crippen molar-refractivity contribution in [1.29, 1.82) is 0 Å². The second kappa shape index (κ2) is 3.40. The van der Waals surface area contributed by atoms with Crippen LogP contribution in [0.5, 0.6) is 0 Å². The molecule has 2 atom stereocenters. The van der Waals surface area contributed by atoms with Gasteiger partial charge in [-0.2, -0.15) is 0 Å². The minimum Gasteiger partial charge on any atom is -0.481 e. The van der Waals surface area contributed by atoms with E-state index in [0.29, 0.717) is 19.6 Å². The molecule has 2 aliphatic rings. The van der Waals surface area contributed by atoms with Gasteiger partial charge in [-0.15, -0.1) is 0 Å². The van der Waals surface area contributed by atoms with E-state index in [-0.39, 0.29) is 12.1 Å². The number of hydrogen-bond donors (Lipinski definition) is 1. The lowest BCUT2D eigenvalue weighted by atomic mass is 9.84. The van der Waals surface area contributed by atoms with E-state index in [2.05, 4.69) is 0 Å². The van der Waals surface area contributed by atoms with Gasteiger partial charge in [0.15, 0.2) is 0 Å². The zero-order valence-electron chi connectivity index (χ0n) is 8.73. The first-order chi connectivity index (χ1) is 7.05. The minimum atomic E-state index is -0.815. The maximum atomic E-state index is 11.4. The summed E-state index contributed by atoms with van der Waals surface area (Å²) in [6, 6.07) is -0.204. The number of carbonyl (C=O) groups is 2. The molecule has 0 bridgehead atoms. The van der Waals surface area contributed by atoms with Crippen molar-refractivity contribution in [3.05, 3.63) is 0 Å². The van der Waals surface area contributed by atoms with Crippen LogP contribution in [-0.2, 0) is 9.53 Å². The lowest BCUT2D eigenvalue weighted by Crippen LogP contribution is -2.47. The van der Waals surface area contributed by atoms with E-state index in [1.807, 2.05) is 0 Å². The molecular formula is C10H15NO4. The van der Waals surface area contributed by atoms with Gasteiger partial charge in [0.1, 0.15) is 6.61 Å². The highest BCUT2D eigenvalue weighted by atomic mass is 16.6. The van der Waals surface area contributed by atoms with Crippen molar-refractivity contribution in [2.75, 3.05) is 13.2 Å². The van der Waals surface area contributed by atoms with Gasteiger partial charge in [-0.05, 0) is 19.8 Å². The number of aliphatic carboxylic acids is 1. The number of nitrogens with zero attached hydrogens (tertiary/aromatic N) is 1. The Bertz CT molecular complexity index is 304. The van der Waals surface area contributed by atoms with Gasteiger partial charge in [-0.3, -0.25) is 4.79 Å². The van der Waals surface area contributed by atoms with Crippen molar-refractivity contribution >= 4 is 12.1 Å². The predicted octanol–water partition coefficient (Wildman–Crippen LogP) is 1.08. The zero-order valence-corrected chi connectivity index (χ0v) is 8.73. The van der Waals surface area contributed by atoms with E-state index >= 15 is 0 Å². The molecule has 1 aliphatic heterocycles. The molecule has 2 fully saturated rings. The Balaban J connectivity index is 2.21. The summed E-state index contributed by atoms with van der Waals surface area (Å²) in [4.78, 5) is 24.2. The van der Waals surface area contributed by atoms with Crippen molar-refractivity contribution in [3.63, 3.8) is 0 Å². The lowest BCUT2D eigenvalue weighted by Gasteiger charge is -2.32. The summed E-state index contributed by atoms with van der Waals surface area (Å²) in [6.45, 7) is 2.62. The smallest absolute Gasteiger partial charge is 0.410 e. The third-order valence-corrected chi connectivity index (χ3v) is 3.57. The molecule has 1 heterocycles. The zero-order chi connectivity index (χ0) is 11.1. The number of carbonyl (C=O) groups excluding carboxylic acids is 1. The van der Waals surface area contributed by atoms with Crippen LogP contribution in [0.1, 0.15) is 26.2 Å². The van der Waals surface area contributed by atoms with Crippen molar-refractivity contribution in [2.45, 2.75) is 32.2 Å². The molecule has 1 saturated carbocycles. The maximum Gasteiger partial charge on any atom is 0.410 e. The monoisotopic (exact) mass is 213 g/mol. The van der Waals surface area contributed by atoms with E-state index in [0.717, 1.165) is 12.8 Å². The average molecular weight is 213 g/mol. The van der Waals surface area contributed by atoms with Crippen molar-refractivity contribution in [3.8, 4) is 0 Å². The fourth-order valence-electron chi connectivity index (χ4n) is 2.59. The van der Waals surface area contributed by atoms with Gasteiger partial charge < -0.3 is 14.7 Å². The van der Waals surface area contributed by atoms with Gasteiger partial charge in [0.2, 0.25) is 0 Å². The van der Waals surface area contributed by atoms with Gasteiger partial charge in [-0.25, -0.2) is 4.79 Å². The summed E-state index contributed by atoms with van der Waals surface area (Å²) in [5, 5.41) is 9.21. The van der Waals surface area contributed by atoms with Gasteiger partial charge in [-0.1, -0.05) is 6.42 Å². The number of rotatable bonds is 2. The molecule has 5 nitrogen and oxygen atoms in total. The Hall–Kier alpha value is -1.26. The second-order valence-electron chi connectivity index (χ2n) is 4.44. The number of ether oxygens (including phenoxy) is 1. The Morgan fingerprint density at radius 1 is 1.67 bits per heavy atom. The van der Waals surface area contributed by atoms with Crippen LogP contribution < -0.4 is 0 Å². The van der Waals surface area contributed by atoms with Crippen LogP contribution in [-0.4, -0.2) is 41.3 Å². The number of carboxylic acid groups (broad SMARTS) is 1. The van der Waals surface area contributed by atoms with E-state index in [9.17, 15) is 14.7 Å². The second-order valence-corrected chi connectivity index (χ2v) is 4.44. The highest BCUT2D eigenvalue weighted by molar-refractivity contribution is 5.78. The maximum absolute atomic E-state index is 11.4. The minimum absolute atomic E-state index is 0.204. The van der Waals surface area contributed by atoms with Crippen LogP contribution in [0.4, 0.5) is 4.79 Å². The number of hydrogen-bond acceptors (Lipinski definition) is 3. The largest absolute Gasteiger partial charge is 0.481 e. The molecule has 84 valence electrons. The summed E-state index contributed by atoms with van der Waals surface area (Å²) in [5.41, 5.74) is -0.802. The molecule has 15 heavy (non-hydrogen) atoms. The molecule has 2 rings (SSSR count). The number of amides is 1. The summed E-state index contributed by atoms with van der Waals surface area (Å²) >= 11 is 0. The SMILES string of the molecule is CC1(C(=O)O)CCCC1N1CCOC1=O. The van der Waals surface area contributed by atoms with E-state index in [1.54, 1.807) is 11.8 Å². The van der Waals surface area contributed by atoms with E-state index in [4.69, 9.17) is 4.74 Å². The number of carboxylic acids is 1. The normalized spacial score (nSPS) is 35.7. The molecule has 1 amide bonds.